The molecule has 0 unspecified atom stereocenters. The predicted octanol–water partition coefficient (Wildman–Crippen LogP) is 4.82. The molecule has 30 heavy (non-hydrogen) atoms. The van der Waals surface area contributed by atoms with Gasteiger partial charge in [-0.3, -0.25) is 5.32 Å². The molecule has 0 aliphatic rings. The number of anilines is 1. The molecule has 1 N–H and O–H groups in total. The Kier molecular flexibility index (Phi) is 8.05. The molecule has 0 bridgehead atoms. The fraction of sp³-hybridized carbons (Fsp3) is 0.0952. The van der Waals surface area contributed by atoms with Gasteiger partial charge in [-0.15, -0.1) is 0 Å². The zero-order valence-corrected chi connectivity index (χ0v) is 16.9. The molecule has 0 spiro atoms. The number of hydrogen-bond donors (Lipinski definition) is 1. The first-order valence-corrected chi connectivity index (χ1v) is 10.1. The molecule has 0 radical (unpaired) electrons. The van der Waals surface area contributed by atoms with Crippen molar-refractivity contribution in [3.8, 4) is 0 Å². The van der Waals surface area contributed by atoms with Gasteiger partial charge in [0, 0.05) is 17.8 Å². The Labute approximate surface area is 174 Å². The van der Waals surface area contributed by atoms with Crippen LogP contribution < -0.4 is 5.32 Å². The van der Waals surface area contributed by atoms with Crippen molar-refractivity contribution in [1.82, 2.24) is 0 Å². The van der Waals surface area contributed by atoms with E-state index >= 15 is 0 Å². The lowest BCUT2D eigenvalue weighted by Crippen LogP contribution is -2.13. The van der Waals surface area contributed by atoms with Crippen LogP contribution >= 0.6 is 0 Å². The molecule has 8 nitrogen and oxygen atoms in total. The third kappa shape index (κ3) is 7.71. The smallest absolute Gasteiger partial charge is 0.411 e. The quantitative estimate of drug-likeness (QED) is 0.472. The monoisotopic (exact) mass is 425 g/mol. The van der Waals surface area contributed by atoms with E-state index in [0.717, 1.165) is 11.1 Å². The van der Waals surface area contributed by atoms with Crippen molar-refractivity contribution in [3.05, 3.63) is 95.0 Å². The summed E-state index contributed by atoms with van der Waals surface area (Å²) in [6.07, 6.45) is -0.530. The SMILES string of the molecule is Cc1ccc(S(=O)(=O)[O-])cc1.N#[N+]c1ccc(NC(=O)OCc2ccccc2)cc1. The van der Waals surface area contributed by atoms with Gasteiger partial charge in [-0.05, 0) is 36.8 Å². The number of ether oxygens (including phenoxy) is 1. The summed E-state index contributed by atoms with van der Waals surface area (Å²) in [4.78, 5) is 14.4. The lowest BCUT2D eigenvalue weighted by molar-refractivity contribution is 0.155. The molecule has 0 aliphatic heterocycles. The highest BCUT2D eigenvalue weighted by Gasteiger charge is 2.06. The van der Waals surface area contributed by atoms with Gasteiger partial charge >= 0.3 is 11.8 Å². The second-order valence-electron chi connectivity index (χ2n) is 6.10. The number of hydrogen-bond acceptors (Lipinski definition) is 6. The van der Waals surface area contributed by atoms with Gasteiger partial charge in [-0.25, -0.2) is 13.2 Å². The van der Waals surface area contributed by atoms with Gasteiger partial charge in [0.25, 0.3) is 0 Å². The summed E-state index contributed by atoms with van der Waals surface area (Å²) >= 11 is 0. The molecular weight excluding hydrogens is 406 g/mol. The number of benzene rings is 3. The number of amides is 1. The molecule has 1 amide bonds. The van der Waals surface area contributed by atoms with Gasteiger partial charge in [0.15, 0.2) is 4.98 Å². The minimum Gasteiger partial charge on any atom is -0.744 e. The average Bonchev–Trinajstić information content (AvgIpc) is 2.74. The standard InChI is InChI=1S/C14H11N3O2.C7H8O3S/c15-17-13-8-6-12(7-9-13)16-14(18)19-10-11-4-2-1-3-5-11;1-6-2-4-7(5-3-6)11(8,9)10/h1-9H,10H2;2-5H,1H3,(H,8,9,10). The number of carbonyl (C=O) groups excluding carboxylic acids is 1. The van der Waals surface area contributed by atoms with Crippen LogP contribution in [0.25, 0.3) is 4.98 Å². The summed E-state index contributed by atoms with van der Waals surface area (Å²) in [6.45, 7) is 2.04. The van der Waals surface area contributed by atoms with Crippen LogP contribution in [-0.4, -0.2) is 19.1 Å². The largest absolute Gasteiger partial charge is 0.744 e. The van der Waals surface area contributed by atoms with Crippen molar-refractivity contribution in [2.45, 2.75) is 18.4 Å². The summed E-state index contributed by atoms with van der Waals surface area (Å²) < 4.78 is 36.2. The highest BCUT2D eigenvalue weighted by Crippen LogP contribution is 2.16. The van der Waals surface area contributed by atoms with Crippen molar-refractivity contribution in [3.63, 3.8) is 0 Å². The molecule has 3 aromatic rings. The second kappa shape index (κ2) is 10.7. The Balaban J connectivity index is 0.000000248. The summed E-state index contributed by atoms with van der Waals surface area (Å²) in [6, 6.07) is 21.6. The normalized spacial score (nSPS) is 10.2. The van der Waals surface area contributed by atoms with Crippen molar-refractivity contribution in [1.29, 1.82) is 5.39 Å². The third-order valence-corrected chi connectivity index (χ3v) is 4.60. The number of carbonyl (C=O) groups is 1. The summed E-state index contributed by atoms with van der Waals surface area (Å²) in [7, 11) is -4.27. The number of rotatable bonds is 4. The zero-order chi connectivity index (χ0) is 22.0. The molecule has 9 heteroatoms. The maximum absolute atomic E-state index is 11.5. The Morgan fingerprint density at radius 3 is 2.13 bits per heavy atom. The minimum atomic E-state index is -4.27. The third-order valence-electron chi connectivity index (χ3n) is 3.75. The first kappa shape index (κ1) is 22.5. The molecule has 0 aromatic heterocycles. The fourth-order valence-electron chi connectivity index (χ4n) is 2.19. The van der Waals surface area contributed by atoms with Crippen LogP contribution in [0.15, 0.2) is 83.8 Å². The molecule has 0 atom stereocenters. The first-order chi connectivity index (χ1) is 14.3. The Bertz CT molecular complexity index is 1110. The molecule has 0 aliphatic carbocycles. The number of nitrogens with zero attached hydrogens (tertiary/aromatic N) is 2. The number of diazo groups is 1. The topological polar surface area (TPSA) is 124 Å². The van der Waals surface area contributed by atoms with Gasteiger partial charge in [-0.1, -0.05) is 48.0 Å². The molecule has 0 saturated carbocycles. The maximum Gasteiger partial charge on any atom is 0.411 e. The van der Waals surface area contributed by atoms with E-state index in [1.165, 1.54) is 12.1 Å². The van der Waals surface area contributed by atoms with Gasteiger partial charge in [0.05, 0.1) is 4.90 Å². The van der Waals surface area contributed by atoms with Crippen LogP contribution in [0.5, 0.6) is 0 Å². The fourth-order valence-corrected chi connectivity index (χ4v) is 2.66. The van der Waals surface area contributed by atoms with E-state index in [-0.39, 0.29) is 11.5 Å². The van der Waals surface area contributed by atoms with E-state index in [1.807, 2.05) is 37.3 Å². The molecule has 0 saturated heterocycles. The number of nitrogens with one attached hydrogen (secondary N) is 1. The summed E-state index contributed by atoms with van der Waals surface area (Å²) in [5, 5.41) is 11.1. The summed E-state index contributed by atoms with van der Waals surface area (Å²) in [5.74, 6) is 0. The minimum absolute atomic E-state index is 0.178. The van der Waals surface area contributed by atoms with E-state index in [0.29, 0.717) is 11.4 Å². The zero-order valence-electron chi connectivity index (χ0n) is 16.1. The van der Waals surface area contributed by atoms with Gasteiger partial charge in [0.1, 0.15) is 16.7 Å². The highest BCUT2D eigenvalue weighted by molar-refractivity contribution is 7.85. The molecule has 3 rings (SSSR count). The van der Waals surface area contributed by atoms with Gasteiger partial charge < -0.3 is 9.29 Å². The lowest BCUT2D eigenvalue weighted by atomic mass is 10.2. The van der Waals surface area contributed by atoms with Crippen molar-refractivity contribution < 1.29 is 22.5 Å². The van der Waals surface area contributed by atoms with E-state index in [1.54, 1.807) is 36.4 Å². The van der Waals surface area contributed by atoms with Crippen LogP contribution in [0.4, 0.5) is 16.2 Å². The van der Waals surface area contributed by atoms with E-state index < -0.39 is 16.2 Å². The average molecular weight is 425 g/mol. The molecule has 154 valence electrons. The first-order valence-electron chi connectivity index (χ1n) is 8.73. The van der Waals surface area contributed by atoms with Crippen LogP contribution in [0, 0.1) is 12.3 Å². The molecule has 0 fully saturated rings. The van der Waals surface area contributed by atoms with E-state index in [2.05, 4.69) is 10.3 Å². The van der Waals surface area contributed by atoms with E-state index in [4.69, 9.17) is 10.1 Å². The Hall–Kier alpha value is -3.74. The summed E-state index contributed by atoms with van der Waals surface area (Å²) in [5.41, 5.74) is 2.85. The van der Waals surface area contributed by atoms with Crippen LogP contribution in [0.2, 0.25) is 0 Å². The van der Waals surface area contributed by atoms with Crippen molar-refractivity contribution in [2.75, 3.05) is 5.32 Å². The van der Waals surface area contributed by atoms with Gasteiger partial charge in [-0.2, -0.15) is 0 Å². The van der Waals surface area contributed by atoms with Crippen LogP contribution in [0.3, 0.4) is 0 Å². The highest BCUT2D eigenvalue weighted by atomic mass is 32.2. The Morgan fingerprint density at radius 2 is 1.60 bits per heavy atom. The second-order valence-corrected chi connectivity index (χ2v) is 7.48. The molecule has 0 heterocycles. The molecular formula is C21H19N3O5S. The maximum atomic E-state index is 11.5. The predicted molar refractivity (Wildman–Crippen MR) is 111 cm³/mol. The Morgan fingerprint density at radius 1 is 1.00 bits per heavy atom. The van der Waals surface area contributed by atoms with Crippen molar-refractivity contribution in [2.24, 2.45) is 0 Å². The van der Waals surface area contributed by atoms with Crippen LogP contribution in [0.1, 0.15) is 11.1 Å². The van der Waals surface area contributed by atoms with Crippen LogP contribution in [-0.2, 0) is 21.5 Å². The van der Waals surface area contributed by atoms with Gasteiger partial charge in [0.2, 0.25) is 5.39 Å². The van der Waals surface area contributed by atoms with Crippen molar-refractivity contribution >= 4 is 27.6 Å². The lowest BCUT2D eigenvalue weighted by Gasteiger charge is -2.06. The number of aryl methyl sites for hydroxylation is 1. The van der Waals surface area contributed by atoms with E-state index in [9.17, 15) is 17.8 Å². The molecule has 3 aromatic carbocycles.